The Bertz CT molecular complexity index is 1290. The van der Waals surface area contributed by atoms with Gasteiger partial charge in [0.05, 0.1) is 17.1 Å². The van der Waals surface area contributed by atoms with E-state index in [0.717, 1.165) is 5.39 Å². The predicted molar refractivity (Wildman–Crippen MR) is 124 cm³/mol. The molecule has 9 heteroatoms. The molecule has 0 saturated carbocycles. The summed E-state index contributed by atoms with van der Waals surface area (Å²) in [5.74, 6) is 0.394. The molecule has 4 heterocycles. The Labute approximate surface area is 191 Å². The normalized spacial score (nSPS) is 18.2. The third-order valence-corrected chi connectivity index (χ3v) is 6.81. The van der Waals surface area contributed by atoms with Crippen molar-refractivity contribution >= 4 is 28.4 Å². The minimum absolute atomic E-state index is 0.136. The summed E-state index contributed by atoms with van der Waals surface area (Å²) in [6.45, 7) is 5.35. The SMILES string of the molecule is CCN1c2ncccc2C(=O)NC12CCN(C(=O)[C@@H](C)n1ncc3ccccc3c1=O)CC2. The van der Waals surface area contributed by atoms with Gasteiger partial charge in [-0.05, 0) is 32.0 Å². The first kappa shape index (κ1) is 21.1. The van der Waals surface area contributed by atoms with Crippen LogP contribution in [-0.2, 0) is 4.79 Å². The van der Waals surface area contributed by atoms with Crippen LogP contribution in [0.15, 0.2) is 53.6 Å². The molecule has 2 amide bonds. The minimum Gasteiger partial charge on any atom is -0.341 e. The fourth-order valence-electron chi connectivity index (χ4n) is 5.03. The van der Waals surface area contributed by atoms with Gasteiger partial charge in [-0.15, -0.1) is 0 Å². The molecule has 3 aromatic rings. The summed E-state index contributed by atoms with van der Waals surface area (Å²) in [5.41, 5.74) is -0.286. The molecule has 0 radical (unpaired) electrons. The van der Waals surface area contributed by atoms with E-state index in [1.54, 1.807) is 48.5 Å². The van der Waals surface area contributed by atoms with Crippen LogP contribution in [0.1, 0.15) is 43.1 Å². The van der Waals surface area contributed by atoms with Gasteiger partial charge in [0.1, 0.15) is 17.5 Å². The van der Waals surface area contributed by atoms with Crippen molar-refractivity contribution in [1.82, 2.24) is 25.0 Å². The second kappa shape index (κ2) is 7.99. The van der Waals surface area contributed by atoms with Crippen LogP contribution in [0.5, 0.6) is 0 Å². The molecule has 2 aliphatic heterocycles. The summed E-state index contributed by atoms with van der Waals surface area (Å²) in [7, 11) is 0. The third kappa shape index (κ3) is 3.35. The van der Waals surface area contributed by atoms with Gasteiger partial charge in [0.15, 0.2) is 0 Å². The predicted octanol–water partition coefficient (Wildman–Crippen LogP) is 1.94. The number of aromatic nitrogens is 3. The third-order valence-electron chi connectivity index (χ3n) is 6.81. The number of hydrogen-bond acceptors (Lipinski definition) is 6. The molecular weight excluding hydrogens is 420 g/mol. The molecule has 2 aliphatic rings. The highest BCUT2D eigenvalue weighted by atomic mass is 16.2. The molecule has 33 heavy (non-hydrogen) atoms. The highest BCUT2D eigenvalue weighted by Gasteiger charge is 2.46. The summed E-state index contributed by atoms with van der Waals surface area (Å²) in [6.07, 6.45) is 4.46. The van der Waals surface area contributed by atoms with Crippen molar-refractivity contribution in [2.75, 3.05) is 24.5 Å². The highest BCUT2D eigenvalue weighted by molar-refractivity contribution is 6.01. The number of rotatable bonds is 3. The maximum atomic E-state index is 13.3. The van der Waals surface area contributed by atoms with Crippen LogP contribution in [0.3, 0.4) is 0 Å². The number of nitrogens with zero attached hydrogens (tertiary/aromatic N) is 5. The quantitative estimate of drug-likeness (QED) is 0.660. The zero-order valence-electron chi connectivity index (χ0n) is 18.7. The molecule has 0 unspecified atom stereocenters. The van der Waals surface area contributed by atoms with Crippen molar-refractivity contribution in [1.29, 1.82) is 0 Å². The minimum atomic E-state index is -0.721. The lowest BCUT2D eigenvalue weighted by Gasteiger charge is -2.52. The Balaban J connectivity index is 1.36. The van der Waals surface area contributed by atoms with Crippen molar-refractivity contribution in [3.8, 4) is 0 Å². The van der Waals surface area contributed by atoms with Crippen LogP contribution in [0.4, 0.5) is 5.82 Å². The Kier molecular flexibility index (Phi) is 5.11. The van der Waals surface area contributed by atoms with Crippen LogP contribution in [0.2, 0.25) is 0 Å². The van der Waals surface area contributed by atoms with E-state index in [2.05, 4.69) is 20.3 Å². The van der Waals surface area contributed by atoms with Crippen LogP contribution < -0.4 is 15.8 Å². The number of anilines is 1. The number of amides is 2. The molecule has 1 aromatic carbocycles. The van der Waals surface area contributed by atoms with Crippen LogP contribution >= 0.6 is 0 Å². The fourth-order valence-corrected chi connectivity index (χ4v) is 5.03. The number of benzene rings is 1. The van der Waals surface area contributed by atoms with Crippen molar-refractivity contribution in [3.63, 3.8) is 0 Å². The van der Waals surface area contributed by atoms with Gasteiger partial charge in [-0.25, -0.2) is 9.67 Å². The molecule has 0 aliphatic carbocycles. The van der Waals surface area contributed by atoms with E-state index < -0.39 is 11.7 Å². The second-order valence-corrected chi connectivity index (χ2v) is 8.59. The number of likely N-dealkylation sites (tertiary alicyclic amines) is 1. The first-order valence-corrected chi connectivity index (χ1v) is 11.3. The van der Waals surface area contributed by atoms with E-state index >= 15 is 0 Å². The van der Waals surface area contributed by atoms with E-state index in [1.807, 2.05) is 19.1 Å². The largest absolute Gasteiger partial charge is 0.341 e. The van der Waals surface area contributed by atoms with Crippen molar-refractivity contribution in [2.24, 2.45) is 0 Å². The molecule has 1 atom stereocenters. The standard InChI is InChI=1S/C24H26N6O3/c1-3-29-20-19(9-6-12-25-20)21(31)27-24(29)10-13-28(14-11-24)22(32)16(2)30-23(33)18-8-5-4-7-17(18)15-26-30/h4-9,12,15-16H,3,10-11,13-14H2,1-2H3,(H,27,31)/t16-/m1/s1. The second-order valence-electron chi connectivity index (χ2n) is 8.59. The van der Waals surface area contributed by atoms with E-state index in [4.69, 9.17) is 0 Å². The van der Waals surface area contributed by atoms with E-state index in [0.29, 0.717) is 49.2 Å². The number of piperidine rings is 1. The van der Waals surface area contributed by atoms with Crippen molar-refractivity contribution < 1.29 is 9.59 Å². The molecule has 1 saturated heterocycles. The van der Waals surface area contributed by atoms with Gasteiger partial charge >= 0.3 is 0 Å². The molecule has 9 nitrogen and oxygen atoms in total. The average Bonchev–Trinajstić information content (AvgIpc) is 2.84. The highest BCUT2D eigenvalue weighted by Crippen LogP contribution is 2.36. The van der Waals surface area contributed by atoms with Crippen LogP contribution in [-0.4, -0.2) is 56.8 Å². The molecule has 2 aromatic heterocycles. The molecule has 5 rings (SSSR count). The van der Waals surface area contributed by atoms with Gasteiger partial charge in [-0.3, -0.25) is 14.4 Å². The van der Waals surface area contributed by atoms with E-state index in [1.165, 1.54) is 4.68 Å². The monoisotopic (exact) mass is 446 g/mol. The Morgan fingerprint density at radius 2 is 1.91 bits per heavy atom. The maximum Gasteiger partial charge on any atom is 0.275 e. The van der Waals surface area contributed by atoms with Gasteiger partial charge < -0.3 is 15.1 Å². The van der Waals surface area contributed by atoms with Gasteiger partial charge in [0.25, 0.3) is 11.5 Å². The number of pyridine rings is 1. The number of carbonyl (C=O) groups is 2. The first-order chi connectivity index (χ1) is 15.9. The molecule has 1 N–H and O–H groups in total. The van der Waals surface area contributed by atoms with E-state index in [9.17, 15) is 14.4 Å². The van der Waals surface area contributed by atoms with Gasteiger partial charge in [-0.2, -0.15) is 5.10 Å². The van der Waals surface area contributed by atoms with Gasteiger partial charge in [0.2, 0.25) is 5.91 Å². The Morgan fingerprint density at radius 3 is 2.67 bits per heavy atom. The summed E-state index contributed by atoms with van der Waals surface area (Å²) in [4.78, 5) is 47.3. The van der Waals surface area contributed by atoms with Gasteiger partial charge in [-0.1, -0.05) is 18.2 Å². The fraction of sp³-hybridized carbons (Fsp3) is 0.375. The number of nitrogens with one attached hydrogen (secondary N) is 1. The smallest absolute Gasteiger partial charge is 0.275 e. The van der Waals surface area contributed by atoms with Crippen LogP contribution in [0, 0.1) is 0 Å². The molecule has 170 valence electrons. The summed E-state index contributed by atoms with van der Waals surface area (Å²) in [5, 5.41) is 8.72. The Morgan fingerprint density at radius 1 is 1.15 bits per heavy atom. The maximum absolute atomic E-state index is 13.3. The summed E-state index contributed by atoms with van der Waals surface area (Å²) < 4.78 is 1.26. The van der Waals surface area contributed by atoms with Gasteiger partial charge in [0, 0.05) is 44.1 Å². The summed E-state index contributed by atoms with van der Waals surface area (Å²) >= 11 is 0. The van der Waals surface area contributed by atoms with Crippen molar-refractivity contribution in [3.05, 3.63) is 64.7 Å². The first-order valence-electron chi connectivity index (χ1n) is 11.3. The molecule has 0 bridgehead atoms. The zero-order valence-corrected chi connectivity index (χ0v) is 18.7. The lowest BCUT2D eigenvalue weighted by Crippen LogP contribution is -2.68. The molecular formula is C24H26N6O3. The van der Waals surface area contributed by atoms with Crippen LogP contribution in [0.25, 0.3) is 10.8 Å². The number of hydrogen-bond donors (Lipinski definition) is 1. The Hall–Kier alpha value is -3.75. The lowest BCUT2D eigenvalue weighted by atomic mass is 9.91. The average molecular weight is 447 g/mol. The topological polar surface area (TPSA) is 100 Å². The molecule has 1 fully saturated rings. The number of fused-ring (bicyclic) bond motifs is 2. The lowest BCUT2D eigenvalue weighted by molar-refractivity contribution is -0.136. The van der Waals surface area contributed by atoms with Crippen molar-refractivity contribution in [2.45, 2.75) is 38.4 Å². The zero-order chi connectivity index (χ0) is 23.2. The number of carbonyl (C=O) groups excluding carboxylic acids is 2. The van der Waals surface area contributed by atoms with E-state index in [-0.39, 0.29) is 17.4 Å². The molecule has 1 spiro atoms. The summed E-state index contributed by atoms with van der Waals surface area (Å²) in [6, 6.07) is 10.0.